The monoisotopic (exact) mass is 368 g/mol. The molecule has 6 heteroatoms. The number of benzene rings is 1. The first kappa shape index (κ1) is 19.3. The Morgan fingerprint density at radius 3 is 2.70 bits per heavy atom. The van der Waals surface area contributed by atoms with Crippen molar-refractivity contribution in [3.63, 3.8) is 0 Å². The van der Waals surface area contributed by atoms with Crippen LogP contribution in [-0.4, -0.2) is 57.1 Å². The lowest BCUT2D eigenvalue weighted by Crippen LogP contribution is -2.51. The van der Waals surface area contributed by atoms with E-state index in [9.17, 15) is 9.59 Å². The molecular formula is C21H28N4O2. The van der Waals surface area contributed by atoms with Crippen molar-refractivity contribution in [2.24, 2.45) is 0 Å². The smallest absolute Gasteiger partial charge is 0.320 e. The average molecular weight is 368 g/mol. The number of likely N-dealkylation sites (tertiary alicyclic amines) is 1. The molecule has 1 aliphatic rings. The molecule has 0 saturated carbocycles. The number of carbonyl (C=O) groups is 2. The number of hydrogen-bond acceptors (Lipinski definition) is 4. The Hall–Kier alpha value is -2.47. The summed E-state index contributed by atoms with van der Waals surface area (Å²) >= 11 is 0. The SMILES string of the molecule is CC(=O)c1ccn(C(=O)N2CC[C@H](N(C)Cc3cccc(C)c3)C[C@@H]2C)n1. The van der Waals surface area contributed by atoms with Gasteiger partial charge in [0, 0.05) is 38.3 Å². The van der Waals surface area contributed by atoms with Crippen LogP contribution in [0.2, 0.25) is 0 Å². The molecular weight excluding hydrogens is 340 g/mol. The van der Waals surface area contributed by atoms with Gasteiger partial charge in [-0.1, -0.05) is 29.8 Å². The van der Waals surface area contributed by atoms with Crippen molar-refractivity contribution in [1.82, 2.24) is 19.6 Å². The minimum Gasteiger partial charge on any atom is -0.320 e. The number of aromatic nitrogens is 2. The zero-order valence-corrected chi connectivity index (χ0v) is 16.6. The van der Waals surface area contributed by atoms with Gasteiger partial charge in [-0.3, -0.25) is 9.69 Å². The van der Waals surface area contributed by atoms with E-state index in [2.05, 4.69) is 55.2 Å². The number of rotatable bonds is 4. The Balaban J connectivity index is 1.61. The number of aryl methyl sites for hydroxylation is 1. The van der Waals surface area contributed by atoms with Gasteiger partial charge < -0.3 is 4.90 Å². The number of hydrogen-bond donors (Lipinski definition) is 0. The summed E-state index contributed by atoms with van der Waals surface area (Å²) in [5.41, 5.74) is 2.92. The second-order valence-electron chi connectivity index (χ2n) is 7.61. The number of carbonyl (C=O) groups excluding carboxylic acids is 2. The second kappa shape index (κ2) is 8.05. The number of nitrogens with zero attached hydrogens (tertiary/aromatic N) is 4. The zero-order chi connectivity index (χ0) is 19.6. The predicted molar refractivity (Wildman–Crippen MR) is 105 cm³/mol. The normalized spacial score (nSPS) is 20.1. The van der Waals surface area contributed by atoms with Gasteiger partial charge in [-0.2, -0.15) is 9.78 Å². The van der Waals surface area contributed by atoms with Crippen LogP contribution in [0, 0.1) is 6.92 Å². The summed E-state index contributed by atoms with van der Waals surface area (Å²) in [5.74, 6) is -0.133. The van der Waals surface area contributed by atoms with Gasteiger partial charge in [0.15, 0.2) is 5.78 Å². The fourth-order valence-corrected chi connectivity index (χ4v) is 3.81. The van der Waals surface area contributed by atoms with E-state index in [0.29, 0.717) is 18.3 Å². The third kappa shape index (κ3) is 4.45. The van der Waals surface area contributed by atoms with Gasteiger partial charge in [0.25, 0.3) is 0 Å². The molecule has 1 aliphatic heterocycles. The van der Waals surface area contributed by atoms with Gasteiger partial charge in [-0.25, -0.2) is 4.79 Å². The first-order valence-corrected chi connectivity index (χ1v) is 9.48. The van der Waals surface area contributed by atoms with Crippen molar-refractivity contribution in [2.45, 2.75) is 52.2 Å². The first-order chi connectivity index (χ1) is 12.8. The molecule has 0 spiro atoms. The molecule has 1 aromatic carbocycles. The molecule has 144 valence electrons. The first-order valence-electron chi connectivity index (χ1n) is 9.48. The maximum absolute atomic E-state index is 12.8. The fraction of sp³-hybridized carbons (Fsp3) is 0.476. The van der Waals surface area contributed by atoms with E-state index in [1.807, 2.05) is 4.90 Å². The van der Waals surface area contributed by atoms with Crippen molar-refractivity contribution in [1.29, 1.82) is 0 Å². The molecule has 0 radical (unpaired) electrons. The summed E-state index contributed by atoms with van der Waals surface area (Å²) in [6, 6.07) is 10.6. The highest BCUT2D eigenvalue weighted by Crippen LogP contribution is 2.23. The maximum Gasteiger partial charge on any atom is 0.344 e. The molecule has 0 bridgehead atoms. The maximum atomic E-state index is 12.8. The van der Waals surface area contributed by atoms with Crippen molar-refractivity contribution < 1.29 is 9.59 Å². The molecule has 2 atom stereocenters. The van der Waals surface area contributed by atoms with Crippen LogP contribution in [0.1, 0.15) is 48.3 Å². The largest absolute Gasteiger partial charge is 0.344 e. The molecule has 2 heterocycles. The van der Waals surface area contributed by atoms with Crippen LogP contribution in [0.3, 0.4) is 0 Å². The molecule has 3 rings (SSSR count). The zero-order valence-electron chi connectivity index (χ0n) is 16.6. The topological polar surface area (TPSA) is 58.4 Å². The van der Waals surface area contributed by atoms with E-state index in [1.165, 1.54) is 22.7 Å². The third-order valence-electron chi connectivity index (χ3n) is 5.38. The van der Waals surface area contributed by atoms with E-state index in [0.717, 1.165) is 19.4 Å². The van der Waals surface area contributed by atoms with Crippen LogP contribution in [0.15, 0.2) is 36.5 Å². The van der Waals surface area contributed by atoms with E-state index < -0.39 is 0 Å². The van der Waals surface area contributed by atoms with Crippen LogP contribution in [0.4, 0.5) is 4.79 Å². The lowest BCUT2D eigenvalue weighted by molar-refractivity contribution is 0.0974. The van der Waals surface area contributed by atoms with Crippen molar-refractivity contribution in [3.05, 3.63) is 53.3 Å². The Bertz CT molecular complexity index is 829. The molecule has 2 aromatic rings. The minimum atomic E-state index is -0.158. The molecule has 1 saturated heterocycles. The Morgan fingerprint density at radius 2 is 2.07 bits per heavy atom. The molecule has 1 fully saturated rings. The fourth-order valence-electron chi connectivity index (χ4n) is 3.81. The van der Waals surface area contributed by atoms with Gasteiger partial charge in [0.05, 0.1) is 0 Å². The van der Waals surface area contributed by atoms with E-state index in [1.54, 1.807) is 12.3 Å². The number of ketones is 1. The summed E-state index contributed by atoms with van der Waals surface area (Å²) < 4.78 is 1.28. The molecule has 0 unspecified atom stereocenters. The number of Topliss-reactive ketones (excluding diaryl/α,β-unsaturated/α-hetero) is 1. The number of piperidine rings is 1. The second-order valence-corrected chi connectivity index (χ2v) is 7.61. The van der Waals surface area contributed by atoms with Gasteiger partial charge in [0.2, 0.25) is 0 Å². The van der Waals surface area contributed by atoms with Crippen molar-refractivity contribution >= 4 is 11.8 Å². The van der Waals surface area contributed by atoms with E-state index in [4.69, 9.17) is 0 Å². The highest BCUT2D eigenvalue weighted by molar-refractivity contribution is 5.92. The van der Waals surface area contributed by atoms with Gasteiger partial charge in [-0.05, 0) is 45.4 Å². The molecule has 0 aliphatic carbocycles. The summed E-state index contributed by atoms with van der Waals surface area (Å²) in [6.07, 6.45) is 3.43. The highest BCUT2D eigenvalue weighted by atomic mass is 16.2. The van der Waals surface area contributed by atoms with E-state index >= 15 is 0 Å². The molecule has 6 nitrogen and oxygen atoms in total. The summed E-state index contributed by atoms with van der Waals surface area (Å²) in [4.78, 5) is 28.4. The van der Waals surface area contributed by atoms with Crippen LogP contribution in [0.5, 0.6) is 0 Å². The molecule has 1 amide bonds. The van der Waals surface area contributed by atoms with E-state index in [-0.39, 0.29) is 17.9 Å². The Morgan fingerprint density at radius 1 is 1.30 bits per heavy atom. The number of amides is 1. The standard InChI is InChI=1S/C21H28N4O2/c1-15-6-5-7-18(12-15)14-23(4)19-8-10-24(16(2)13-19)21(27)25-11-9-20(22-25)17(3)26/h5-7,9,11-12,16,19H,8,10,13-14H2,1-4H3/t16-,19-/m0/s1. The van der Waals surface area contributed by atoms with Crippen molar-refractivity contribution in [2.75, 3.05) is 13.6 Å². The minimum absolute atomic E-state index is 0.126. The Kier molecular flexibility index (Phi) is 5.75. The summed E-state index contributed by atoms with van der Waals surface area (Å²) in [6.45, 7) is 7.25. The van der Waals surface area contributed by atoms with Crippen LogP contribution >= 0.6 is 0 Å². The predicted octanol–water partition coefficient (Wildman–Crippen LogP) is 3.35. The Labute approximate surface area is 160 Å². The lowest BCUT2D eigenvalue weighted by atomic mass is 9.97. The van der Waals surface area contributed by atoms with Crippen LogP contribution in [-0.2, 0) is 6.54 Å². The average Bonchev–Trinajstić information content (AvgIpc) is 3.11. The van der Waals surface area contributed by atoms with Crippen LogP contribution in [0.25, 0.3) is 0 Å². The summed E-state index contributed by atoms with van der Waals surface area (Å²) in [7, 11) is 2.16. The lowest BCUT2D eigenvalue weighted by Gasteiger charge is -2.40. The summed E-state index contributed by atoms with van der Waals surface area (Å²) in [5, 5.41) is 4.10. The van der Waals surface area contributed by atoms with Crippen molar-refractivity contribution in [3.8, 4) is 0 Å². The van der Waals surface area contributed by atoms with Gasteiger partial charge >= 0.3 is 6.03 Å². The third-order valence-corrected chi connectivity index (χ3v) is 5.38. The highest BCUT2D eigenvalue weighted by Gasteiger charge is 2.31. The molecule has 1 aromatic heterocycles. The quantitative estimate of drug-likeness (QED) is 0.777. The van der Waals surface area contributed by atoms with Gasteiger partial charge in [-0.15, -0.1) is 0 Å². The molecule has 27 heavy (non-hydrogen) atoms. The van der Waals surface area contributed by atoms with Gasteiger partial charge in [0.1, 0.15) is 5.69 Å². The molecule has 0 N–H and O–H groups in total. The van der Waals surface area contributed by atoms with Crippen LogP contribution < -0.4 is 0 Å².